The van der Waals surface area contributed by atoms with Gasteiger partial charge < -0.3 is 14.9 Å². The van der Waals surface area contributed by atoms with Gasteiger partial charge in [-0.3, -0.25) is 0 Å². The summed E-state index contributed by atoms with van der Waals surface area (Å²) in [5, 5.41) is 18.4. The highest BCUT2D eigenvalue weighted by Gasteiger charge is 2.28. The SMILES string of the molecule is Oc1ccc(OCC2CCC(c3ccc(-c4ccc(O)c(F)c4F)c(F)c3F)CC2)c(F)c1F. The van der Waals surface area contributed by atoms with Crippen LogP contribution in [-0.4, -0.2) is 16.8 Å². The van der Waals surface area contributed by atoms with Gasteiger partial charge in [0.05, 0.1) is 6.61 Å². The largest absolute Gasteiger partial charge is 0.505 e. The number of hydrogen-bond acceptors (Lipinski definition) is 3. The predicted molar refractivity (Wildman–Crippen MR) is 112 cm³/mol. The van der Waals surface area contributed by atoms with Gasteiger partial charge in [0.2, 0.25) is 17.5 Å². The molecule has 0 heterocycles. The van der Waals surface area contributed by atoms with Crippen LogP contribution in [-0.2, 0) is 0 Å². The van der Waals surface area contributed by atoms with E-state index in [1.165, 1.54) is 12.1 Å². The number of ether oxygens (including phenoxy) is 1. The molecule has 3 aromatic carbocycles. The maximum Gasteiger partial charge on any atom is 0.204 e. The van der Waals surface area contributed by atoms with E-state index in [4.69, 9.17) is 9.84 Å². The van der Waals surface area contributed by atoms with Crippen molar-refractivity contribution >= 4 is 0 Å². The Hall–Kier alpha value is -3.36. The fraction of sp³-hybridized carbons (Fsp3) is 0.280. The van der Waals surface area contributed by atoms with Gasteiger partial charge in [0.15, 0.2) is 34.7 Å². The molecule has 9 heteroatoms. The lowest BCUT2D eigenvalue weighted by Crippen LogP contribution is -2.20. The summed E-state index contributed by atoms with van der Waals surface area (Å²) in [5.41, 5.74) is -0.841. The zero-order valence-electron chi connectivity index (χ0n) is 17.7. The van der Waals surface area contributed by atoms with E-state index in [1.54, 1.807) is 0 Å². The quantitative estimate of drug-likeness (QED) is 0.387. The average molecular weight is 482 g/mol. The third kappa shape index (κ3) is 4.38. The van der Waals surface area contributed by atoms with Gasteiger partial charge in [0.25, 0.3) is 0 Å². The molecular formula is C25H20F6O3. The highest BCUT2D eigenvalue weighted by atomic mass is 19.2. The van der Waals surface area contributed by atoms with Gasteiger partial charge in [-0.2, -0.15) is 13.2 Å². The van der Waals surface area contributed by atoms with Crippen molar-refractivity contribution in [2.24, 2.45) is 5.92 Å². The fourth-order valence-corrected chi connectivity index (χ4v) is 4.32. The van der Waals surface area contributed by atoms with Crippen LogP contribution in [0.15, 0.2) is 36.4 Å². The van der Waals surface area contributed by atoms with Crippen LogP contribution >= 0.6 is 0 Å². The summed E-state index contributed by atoms with van der Waals surface area (Å²) in [4.78, 5) is 0. The number of hydrogen-bond donors (Lipinski definition) is 2. The van der Waals surface area contributed by atoms with E-state index < -0.39 is 57.5 Å². The number of aromatic hydroxyl groups is 2. The normalized spacial score (nSPS) is 18.2. The van der Waals surface area contributed by atoms with Crippen molar-refractivity contribution in [2.45, 2.75) is 31.6 Å². The topological polar surface area (TPSA) is 49.7 Å². The average Bonchev–Trinajstić information content (AvgIpc) is 2.83. The van der Waals surface area contributed by atoms with Gasteiger partial charge in [-0.15, -0.1) is 0 Å². The van der Waals surface area contributed by atoms with Crippen molar-refractivity contribution in [1.29, 1.82) is 0 Å². The second-order valence-electron chi connectivity index (χ2n) is 8.33. The van der Waals surface area contributed by atoms with E-state index in [0.29, 0.717) is 25.7 Å². The zero-order chi connectivity index (χ0) is 24.6. The lowest BCUT2D eigenvalue weighted by atomic mass is 9.78. The molecule has 0 aromatic heterocycles. The molecule has 1 aliphatic carbocycles. The van der Waals surface area contributed by atoms with Crippen molar-refractivity contribution in [1.82, 2.24) is 0 Å². The number of phenolic OH excluding ortho intramolecular Hbond substituents is 2. The minimum atomic E-state index is -1.54. The van der Waals surface area contributed by atoms with Crippen molar-refractivity contribution < 1.29 is 41.3 Å². The molecule has 0 spiro atoms. The number of halogens is 6. The van der Waals surface area contributed by atoms with E-state index in [1.807, 2.05) is 0 Å². The maximum atomic E-state index is 14.9. The van der Waals surface area contributed by atoms with Gasteiger partial charge in [0, 0.05) is 11.1 Å². The van der Waals surface area contributed by atoms with E-state index in [9.17, 15) is 31.4 Å². The van der Waals surface area contributed by atoms with E-state index >= 15 is 0 Å². The summed E-state index contributed by atoms with van der Waals surface area (Å²) in [6.07, 6.45) is 2.09. The van der Waals surface area contributed by atoms with Crippen LogP contribution in [0.4, 0.5) is 26.3 Å². The first-order chi connectivity index (χ1) is 16.2. The standard InChI is InChI=1S/C25H20F6O3/c26-20-14(5-6-15(21(20)27)16-7-8-17(32)23(29)22(16)28)13-3-1-12(2-4-13)11-34-19-10-9-18(33)24(30)25(19)31/h5-10,12-13,32-33H,1-4,11H2. The highest BCUT2D eigenvalue weighted by molar-refractivity contribution is 5.66. The lowest BCUT2D eigenvalue weighted by molar-refractivity contribution is 0.191. The van der Waals surface area contributed by atoms with Crippen molar-refractivity contribution in [2.75, 3.05) is 6.61 Å². The van der Waals surface area contributed by atoms with E-state index in [2.05, 4.69) is 0 Å². The Labute approximate surface area is 191 Å². The molecule has 3 nitrogen and oxygen atoms in total. The zero-order valence-corrected chi connectivity index (χ0v) is 17.7. The minimum absolute atomic E-state index is 0.0197. The third-order valence-corrected chi connectivity index (χ3v) is 6.25. The fourth-order valence-electron chi connectivity index (χ4n) is 4.32. The number of phenols is 2. The molecule has 1 fully saturated rings. The lowest BCUT2D eigenvalue weighted by Gasteiger charge is -2.29. The first-order valence-corrected chi connectivity index (χ1v) is 10.6. The molecule has 0 aliphatic heterocycles. The van der Waals surface area contributed by atoms with E-state index in [-0.39, 0.29) is 29.8 Å². The van der Waals surface area contributed by atoms with Crippen LogP contribution in [0.2, 0.25) is 0 Å². The number of benzene rings is 3. The second-order valence-corrected chi connectivity index (χ2v) is 8.33. The summed E-state index contributed by atoms with van der Waals surface area (Å²) >= 11 is 0. The van der Waals surface area contributed by atoms with Crippen LogP contribution in [0.5, 0.6) is 17.2 Å². The van der Waals surface area contributed by atoms with Gasteiger partial charge in [0.1, 0.15) is 0 Å². The predicted octanol–water partition coefficient (Wildman–Crippen LogP) is 6.95. The molecule has 0 atom stereocenters. The summed E-state index contributed by atoms with van der Waals surface area (Å²) in [5.74, 6) is -10.6. The molecule has 34 heavy (non-hydrogen) atoms. The smallest absolute Gasteiger partial charge is 0.204 e. The Morgan fingerprint density at radius 2 is 1.15 bits per heavy atom. The molecular weight excluding hydrogens is 462 g/mol. The van der Waals surface area contributed by atoms with Crippen LogP contribution in [0.1, 0.15) is 37.2 Å². The first-order valence-electron chi connectivity index (χ1n) is 10.6. The molecule has 0 radical (unpaired) electrons. The van der Waals surface area contributed by atoms with Crippen LogP contribution < -0.4 is 4.74 Å². The Morgan fingerprint density at radius 1 is 0.618 bits per heavy atom. The molecule has 0 bridgehead atoms. The van der Waals surface area contributed by atoms with Crippen LogP contribution in [0, 0.1) is 40.8 Å². The van der Waals surface area contributed by atoms with Gasteiger partial charge >= 0.3 is 0 Å². The Balaban J connectivity index is 1.43. The molecule has 1 saturated carbocycles. The molecule has 3 aromatic rings. The summed E-state index contributed by atoms with van der Waals surface area (Å²) in [6.45, 7) is 0.0926. The second kappa shape index (κ2) is 9.48. The van der Waals surface area contributed by atoms with Crippen LogP contribution in [0.3, 0.4) is 0 Å². The van der Waals surface area contributed by atoms with Gasteiger partial charge in [-0.1, -0.05) is 12.1 Å². The summed E-state index contributed by atoms with van der Waals surface area (Å²) in [6, 6.07) is 6.47. The summed E-state index contributed by atoms with van der Waals surface area (Å²) in [7, 11) is 0. The molecule has 180 valence electrons. The monoisotopic (exact) mass is 482 g/mol. The Kier molecular flexibility index (Phi) is 6.63. The summed E-state index contributed by atoms with van der Waals surface area (Å²) < 4.78 is 90.0. The number of rotatable bonds is 5. The molecule has 0 unspecified atom stereocenters. The maximum absolute atomic E-state index is 14.9. The molecule has 1 aliphatic rings. The Bertz CT molecular complexity index is 1220. The highest BCUT2D eigenvalue weighted by Crippen LogP contribution is 2.40. The van der Waals surface area contributed by atoms with Crippen molar-refractivity contribution in [3.63, 3.8) is 0 Å². The van der Waals surface area contributed by atoms with E-state index in [0.717, 1.165) is 24.3 Å². The molecule has 2 N–H and O–H groups in total. The molecule has 0 amide bonds. The molecule has 0 saturated heterocycles. The third-order valence-electron chi connectivity index (χ3n) is 6.25. The first kappa shape index (κ1) is 23.8. The van der Waals surface area contributed by atoms with Gasteiger partial charge in [-0.25, -0.2) is 13.2 Å². The van der Waals surface area contributed by atoms with Crippen molar-refractivity contribution in [3.05, 3.63) is 76.9 Å². The Morgan fingerprint density at radius 3 is 1.79 bits per heavy atom. The molecule has 4 rings (SSSR count). The van der Waals surface area contributed by atoms with Crippen LogP contribution in [0.25, 0.3) is 11.1 Å². The van der Waals surface area contributed by atoms with Crippen molar-refractivity contribution in [3.8, 4) is 28.4 Å². The minimum Gasteiger partial charge on any atom is -0.505 e. The van der Waals surface area contributed by atoms with Gasteiger partial charge in [-0.05, 0) is 67.3 Å².